The Morgan fingerprint density at radius 1 is 1.12 bits per heavy atom. The monoisotopic (exact) mass is 313 g/mol. The van der Waals surface area contributed by atoms with Crippen LogP contribution in [-0.2, 0) is 10.0 Å². The molecule has 0 unspecified atom stereocenters. The minimum Gasteiger partial charge on any atom is -0.265 e. The molecular weight excluding hydrogens is 306 g/mol. The molecule has 0 atom stereocenters. The van der Waals surface area contributed by atoms with Crippen LogP contribution in [-0.4, -0.2) is 18.4 Å². The molecule has 2 aromatic heterocycles. The van der Waals surface area contributed by atoms with Crippen molar-refractivity contribution in [2.75, 3.05) is 4.72 Å². The van der Waals surface area contributed by atoms with Crippen LogP contribution in [0.2, 0.25) is 0 Å². The highest BCUT2D eigenvalue weighted by Gasteiger charge is 2.14. The topological polar surface area (TPSA) is 72.0 Å². The van der Waals surface area contributed by atoms with E-state index >= 15 is 0 Å². The number of nitrogens with one attached hydrogen (secondary N) is 1. The molecule has 0 aliphatic carbocycles. The third kappa shape index (κ3) is 3.01. The maximum absolute atomic E-state index is 11.9. The number of halogens is 1. The zero-order valence-corrected chi connectivity index (χ0v) is 10.9. The van der Waals surface area contributed by atoms with Gasteiger partial charge >= 0.3 is 0 Å². The summed E-state index contributed by atoms with van der Waals surface area (Å²) in [6, 6.07) is 6.13. The molecule has 0 aromatic carbocycles. The number of pyridine rings is 2. The molecule has 1 N–H and O–H groups in total. The van der Waals surface area contributed by atoms with Gasteiger partial charge in [-0.3, -0.25) is 9.71 Å². The number of hydrogen-bond acceptors (Lipinski definition) is 4. The van der Waals surface area contributed by atoms with E-state index in [1.807, 2.05) is 0 Å². The Balaban J connectivity index is 2.30. The molecule has 2 heterocycles. The van der Waals surface area contributed by atoms with Crippen molar-refractivity contribution < 1.29 is 8.42 Å². The van der Waals surface area contributed by atoms with Crippen LogP contribution in [0.1, 0.15) is 0 Å². The summed E-state index contributed by atoms with van der Waals surface area (Å²) in [6.45, 7) is 0. The average Bonchev–Trinajstić information content (AvgIpc) is 2.29. The molecule has 0 spiro atoms. The van der Waals surface area contributed by atoms with Gasteiger partial charge in [0.1, 0.15) is 5.82 Å². The van der Waals surface area contributed by atoms with Crippen LogP contribution in [0.5, 0.6) is 0 Å². The molecule has 0 amide bonds. The van der Waals surface area contributed by atoms with E-state index in [2.05, 4.69) is 30.6 Å². The molecule has 2 rings (SSSR count). The summed E-state index contributed by atoms with van der Waals surface area (Å²) in [4.78, 5) is 7.83. The molecule has 17 heavy (non-hydrogen) atoms. The van der Waals surface area contributed by atoms with E-state index in [4.69, 9.17) is 0 Å². The van der Waals surface area contributed by atoms with Gasteiger partial charge in [-0.15, -0.1) is 0 Å². The first-order chi connectivity index (χ1) is 8.08. The molecule has 2 aromatic rings. The summed E-state index contributed by atoms with van der Waals surface area (Å²) in [5.41, 5.74) is 0. The van der Waals surface area contributed by atoms with Crippen molar-refractivity contribution in [3.05, 3.63) is 47.3 Å². The van der Waals surface area contributed by atoms with E-state index in [9.17, 15) is 8.42 Å². The van der Waals surface area contributed by atoms with Crippen LogP contribution in [0.3, 0.4) is 0 Å². The van der Waals surface area contributed by atoms with Gasteiger partial charge in [0.15, 0.2) is 0 Å². The molecule has 7 heteroatoms. The van der Waals surface area contributed by atoms with Gasteiger partial charge in [-0.25, -0.2) is 13.4 Å². The van der Waals surface area contributed by atoms with E-state index in [1.165, 1.54) is 30.7 Å². The van der Waals surface area contributed by atoms with Crippen molar-refractivity contribution in [1.82, 2.24) is 9.97 Å². The Morgan fingerprint density at radius 2 is 1.82 bits per heavy atom. The lowest BCUT2D eigenvalue weighted by molar-refractivity contribution is 0.601. The first-order valence-corrected chi connectivity index (χ1v) is 6.90. The van der Waals surface area contributed by atoms with Gasteiger partial charge in [-0.1, -0.05) is 15.9 Å². The lowest BCUT2D eigenvalue weighted by atomic mass is 10.5. The van der Waals surface area contributed by atoms with Gasteiger partial charge in [-0.05, 0) is 24.3 Å². The summed E-state index contributed by atoms with van der Waals surface area (Å²) >= 11 is 3.24. The first kappa shape index (κ1) is 12.0. The minimum atomic E-state index is -3.60. The second-order valence-electron chi connectivity index (χ2n) is 3.15. The third-order valence-electron chi connectivity index (χ3n) is 1.92. The fourth-order valence-corrected chi connectivity index (χ4v) is 2.49. The van der Waals surface area contributed by atoms with E-state index in [0.29, 0.717) is 0 Å². The SMILES string of the molecule is O=S(=O)(Nc1cc(Br)ccn1)c1ccncc1. The number of rotatable bonds is 3. The standard InChI is InChI=1S/C10H8BrN3O2S/c11-8-1-6-13-10(7-8)14-17(15,16)9-2-4-12-5-3-9/h1-7H,(H,13,14). The Bertz CT molecular complexity index is 616. The Labute approximate surface area is 107 Å². The fraction of sp³-hybridized carbons (Fsp3) is 0. The molecule has 0 saturated heterocycles. The predicted octanol–water partition coefficient (Wildman–Crippen LogP) is 2.04. The van der Waals surface area contributed by atoms with Crippen LogP contribution >= 0.6 is 15.9 Å². The normalized spacial score (nSPS) is 11.1. The molecule has 0 saturated carbocycles. The molecular formula is C10H8BrN3O2S. The summed E-state index contributed by atoms with van der Waals surface area (Å²) in [7, 11) is -3.60. The number of aromatic nitrogens is 2. The van der Waals surface area contributed by atoms with Crippen molar-refractivity contribution in [2.24, 2.45) is 0 Å². The van der Waals surface area contributed by atoms with Gasteiger partial charge in [-0.2, -0.15) is 0 Å². The van der Waals surface area contributed by atoms with Crippen LogP contribution in [0.4, 0.5) is 5.82 Å². The van der Waals surface area contributed by atoms with Crippen LogP contribution in [0.15, 0.2) is 52.2 Å². The molecule has 5 nitrogen and oxygen atoms in total. The largest absolute Gasteiger partial charge is 0.265 e. The van der Waals surface area contributed by atoms with Gasteiger partial charge in [0.2, 0.25) is 0 Å². The summed E-state index contributed by atoms with van der Waals surface area (Å²) < 4.78 is 27.0. The number of sulfonamides is 1. The first-order valence-electron chi connectivity index (χ1n) is 4.62. The summed E-state index contributed by atoms with van der Waals surface area (Å²) in [5, 5.41) is 0. The highest BCUT2D eigenvalue weighted by molar-refractivity contribution is 9.10. The van der Waals surface area contributed by atoms with Crippen molar-refractivity contribution in [1.29, 1.82) is 0 Å². The molecule has 88 valence electrons. The molecule has 0 aliphatic heterocycles. The van der Waals surface area contributed by atoms with Gasteiger partial charge < -0.3 is 0 Å². The number of anilines is 1. The third-order valence-corrected chi connectivity index (χ3v) is 3.78. The zero-order chi connectivity index (χ0) is 12.3. The Morgan fingerprint density at radius 3 is 2.47 bits per heavy atom. The lowest BCUT2D eigenvalue weighted by Crippen LogP contribution is -2.13. The quantitative estimate of drug-likeness (QED) is 0.941. The van der Waals surface area contributed by atoms with Crippen LogP contribution in [0, 0.1) is 0 Å². The fourth-order valence-electron chi connectivity index (χ4n) is 1.17. The van der Waals surface area contributed by atoms with Crippen molar-refractivity contribution in [3.63, 3.8) is 0 Å². The average molecular weight is 314 g/mol. The Kier molecular flexibility index (Phi) is 3.39. The second-order valence-corrected chi connectivity index (χ2v) is 5.75. The minimum absolute atomic E-state index is 0.147. The molecule has 0 bridgehead atoms. The van der Waals surface area contributed by atoms with Crippen molar-refractivity contribution in [2.45, 2.75) is 4.90 Å². The smallest absolute Gasteiger partial charge is 0.263 e. The predicted molar refractivity (Wildman–Crippen MR) is 67.0 cm³/mol. The summed E-state index contributed by atoms with van der Waals surface area (Å²) in [6.07, 6.45) is 4.35. The maximum Gasteiger partial charge on any atom is 0.263 e. The van der Waals surface area contributed by atoms with Crippen molar-refractivity contribution >= 4 is 31.8 Å². The molecule has 0 aliphatic rings. The lowest BCUT2D eigenvalue weighted by Gasteiger charge is -2.06. The molecule has 0 radical (unpaired) electrons. The highest BCUT2D eigenvalue weighted by atomic mass is 79.9. The molecule has 0 fully saturated rings. The van der Waals surface area contributed by atoms with Crippen molar-refractivity contribution in [3.8, 4) is 0 Å². The van der Waals surface area contributed by atoms with E-state index in [-0.39, 0.29) is 10.7 Å². The maximum atomic E-state index is 11.9. The van der Waals surface area contributed by atoms with Gasteiger partial charge in [0.25, 0.3) is 10.0 Å². The highest BCUT2D eigenvalue weighted by Crippen LogP contribution is 2.16. The van der Waals surface area contributed by atoms with E-state index < -0.39 is 10.0 Å². The van der Waals surface area contributed by atoms with Crippen LogP contribution in [0.25, 0.3) is 0 Å². The van der Waals surface area contributed by atoms with E-state index in [0.717, 1.165) is 4.47 Å². The zero-order valence-electron chi connectivity index (χ0n) is 8.54. The number of nitrogens with zero attached hydrogens (tertiary/aromatic N) is 2. The van der Waals surface area contributed by atoms with Crippen LogP contribution < -0.4 is 4.72 Å². The van der Waals surface area contributed by atoms with Gasteiger partial charge in [0.05, 0.1) is 4.90 Å². The second kappa shape index (κ2) is 4.80. The summed E-state index contributed by atoms with van der Waals surface area (Å²) in [5.74, 6) is 0.260. The van der Waals surface area contributed by atoms with Gasteiger partial charge in [0, 0.05) is 23.1 Å². The number of hydrogen-bond donors (Lipinski definition) is 1. The Hall–Kier alpha value is -1.47. The van der Waals surface area contributed by atoms with E-state index in [1.54, 1.807) is 12.1 Å².